The maximum atomic E-state index is 12.4. The minimum atomic E-state index is -4.66. The van der Waals surface area contributed by atoms with Gasteiger partial charge in [-0.1, -0.05) is 0 Å². The van der Waals surface area contributed by atoms with Gasteiger partial charge in [0.25, 0.3) is 0 Å². The standard InChI is InChI=1S/C10H7F3N2O3/c11-10(12,13)7-2-3-9(18-5-1-4-14)8(6-7)15(16)17/h2-3,6H,1,5H2. The smallest absolute Gasteiger partial charge is 0.416 e. The summed E-state index contributed by atoms with van der Waals surface area (Å²) in [7, 11) is 0. The van der Waals surface area contributed by atoms with Crippen molar-refractivity contribution in [1.29, 1.82) is 5.26 Å². The molecule has 0 fully saturated rings. The molecule has 0 spiro atoms. The van der Waals surface area contributed by atoms with Gasteiger partial charge in [0.1, 0.15) is 6.61 Å². The van der Waals surface area contributed by atoms with Gasteiger partial charge in [-0.05, 0) is 12.1 Å². The van der Waals surface area contributed by atoms with E-state index in [0.29, 0.717) is 12.1 Å². The molecule has 0 saturated heterocycles. The zero-order chi connectivity index (χ0) is 13.8. The summed E-state index contributed by atoms with van der Waals surface area (Å²) in [4.78, 5) is 9.67. The van der Waals surface area contributed by atoms with Gasteiger partial charge >= 0.3 is 11.9 Å². The van der Waals surface area contributed by atoms with Crippen molar-refractivity contribution < 1.29 is 22.8 Å². The van der Waals surface area contributed by atoms with Gasteiger partial charge in [0.2, 0.25) is 0 Å². The summed E-state index contributed by atoms with van der Waals surface area (Å²) in [6.07, 6.45) is -4.67. The van der Waals surface area contributed by atoms with Crippen molar-refractivity contribution in [1.82, 2.24) is 0 Å². The molecule has 0 amide bonds. The number of halogens is 3. The number of hydrogen-bond donors (Lipinski definition) is 0. The van der Waals surface area contributed by atoms with Crippen LogP contribution in [0.4, 0.5) is 18.9 Å². The number of benzene rings is 1. The molecule has 1 rings (SSSR count). The first-order valence-corrected chi connectivity index (χ1v) is 4.71. The van der Waals surface area contributed by atoms with E-state index < -0.39 is 22.4 Å². The Morgan fingerprint density at radius 2 is 2.11 bits per heavy atom. The molecule has 0 aliphatic heterocycles. The fourth-order valence-electron chi connectivity index (χ4n) is 1.17. The van der Waals surface area contributed by atoms with E-state index in [9.17, 15) is 23.3 Å². The van der Waals surface area contributed by atoms with Crippen LogP contribution in [0.15, 0.2) is 18.2 Å². The Kier molecular flexibility index (Phi) is 4.09. The lowest BCUT2D eigenvalue weighted by Crippen LogP contribution is -2.07. The lowest BCUT2D eigenvalue weighted by Gasteiger charge is -2.09. The predicted molar refractivity (Wildman–Crippen MR) is 53.8 cm³/mol. The van der Waals surface area contributed by atoms with E-state index in [-0.39, 0.29) is 18.8 Å². The molecule has 0 N–H and O–H groups in total. The highest BCUT2D eigenvalue weighted by atomic mass is 19.4. The van der Waals surface area contributed by atoms with Gasteiger partial charge in [0, 0.05) is 6.07 Å². The van der Waals surface area contributed by atoms with Crippen LogP contribution in [0.3, 0.4) is 0 Å². The van der Waals surface area contributed by atoms with Crippen molar-refractivity contribution in [2.24, 2.45) is 0 Å². The average molecular weight is 260 g/mol. The van der Waals surface area contributed by atoms with Crippen molar-refractivity contribution >= 4 is 5.69 Å². The van der Waals surface area contributed by atoms with Crippen LogP contribution in [0, 0.1) is 21.4 Å². The molecule has 1 aromatic rings. The maximum absolute atomic E-state index is 12.4. The Hall–Kier alpha value is -2.30. The van der Waals surface area contributed by atoms with E-state index in [0.717, 1.165) is 6.07 Å². The molecule has 96 valence electrons. The van der Waals surface area contributed by atoms with Crippen molar-refractivity contribution in [3.8, 4) is 11.8 Å². The van der Waals surface area contributed by atoms with Gasteiger partial charge in [-0.2, -0.15) is 18.4 Å². The van der Waals surface area contributed by atoms with Crippen LogP contribution in [-0.2, 0) is 6.18 Å². The Bertz CT molecular complexity index is 494. The van der Waals surface area contributed by atoms with E-state index in [2.05, 4.69) is 0 Å². The third-order valence-corrected chi connectivity index (χ3v) is 1.95. The lowest BCUT2D eigenvalue weighted by molar-refractivity contribution is -0.386. The second-order valence-corrected chi connectivity index (χ2v) is 3.19. The highest BCUT2D eigenvalue weighted by molar-refractivity contribution is 5.49. The van der Waals surface area contributed by atoms with Crippen molar-refractivity contribution in [3.63, 3.8) is 0 Å². The van der Waals surface area contributed by atoms with E-state index >= 15 is 0 Å². The van der Waals surface area contributed by atoms with Crippen LogP contribution in [0.1, 0.15) is 12.0 Å². The monoisotopic (exact) mass is 260 g/mol. The van der Waals surface area contributed by atoms with Crippen LogP contribution in [-0.4, -0.2) is 11.5 Å². The first-order chi connectivity index (χ1) is 8.36. The molecule has 0 bridgehead atoms. The number of nitriles is 1. The number of nitrogens with zero attached hydrogens (tertiary/aromatic N) is 2. The molecule has 0 atom stereocenters. The Labute approximate surface area is 99.5 Å². The molecule has 18 heavy (non-hydrogen) atoms. The molecule has 0 saturated carbocycles. The molecule has 5 nitrogen and oxygen atoms in total. The topological polar surface area (TPSA) is 76.2 Å². The quantitative estimate of drug-likeness (QED) is 0.473. The van der Waals surface area contributed by atoms with E-state index in [4.69, 9.17) is 10.00 Å². The normalized spacial score (nSPS) is 10.8. The summed E-state index contributed by atoms with van der Waals surface area (Å²) in [5.41, 5.74) is -1.90. The number of ether oxygens (including phenoxy) is 1. The number of nitro groups is 1. The predicted octanol–water partition coefficient (Wildman–Crippen LogP) is 2.91. The highest BCUT2D eigenvalue weighted by Gasteiger charge is 2.33. The fraction of sp³-hybridized carbons (Fsp3) is 0.300. The fourth-order valence-corrected chi connectivity index (χ4v) is 1.17. The third kappa shape index (κ3) is 3.35. The highest BCUT2D eigenvalue weighted by Crippen LogP contribution is 2.35. The summed E-state index contributed by atoms with van der Waals surface area (Å²) >= 11 is 0. The van der Waals surface area contributed by atoms with Crippen molar-refractivity contribution in [2.75, 3.05) is 6.61 Å². The van der Waals surface area contributed by atoms with Crippen LogP contribution in [0.25, 0.3) is 0 Å². The number of hydrogen-bond acceptors (Lipinski definition) is 4. The van der Waals surface area contributed by atoms with Gasteiger partial charge in [-0.15, -0.1) is 0 Å². The largest absolute Gasteiger partial charge is 0.486 e. The second kappa shape index (κ2) is 5.35. The summed E-state index contributed by atoms with van der Waals surface area (Å²) in [6, 6.07) is 3.71. The first kappa shape index (κ1) is 13.8. The average Bonchev–Trinajstić information content (AvgIpc) is 2.28. The molecule has 0 aliphatic carbocycles. The van der Waals surface area contributed by atoms with Gasteiger partial charge in [-0.3, -0.25) is 10.1 Å². The third-order valence-electron chi connectivity index (χ3n) is 1.95. The van der Waals surface area contributed by atoms with Crippen LogP contribution < -0.4 is 4.74 Å². The maximum Gasteiger partial charge on any atom is 0.416 e. The van der Waals surface area contributed by atoms with Crippen molar-refractivity contribution in [2.45, 2.75) is 12.6 Å². The number of nitro benzene ring substituents is 1. The Morgan fingerprint density at radius 3 is 2.61 bits per heavy atom. The molecule has 0 heterocycles. The second-order valence-electron chi connectivity index (χ2n) is 3.19. The molecule has 0 unspecified atom stereocenters. The molecule has 0 aliphatic rings. The molecule has 1 aromatic carbocycles. The number of rotatable bonds is 4. The zero-order valence-electron chi connectivity index (χ0n) is 8.90. The molecule has 0 aromatic heterocycles. The molecule has 0 radical (unpaired) electrons. The van der Waals surface area contributed by atoms with E-state index in [1.807, 2.05) is 0 Å². The van der Waals surface area contributed by atoms with E-state index in [1.165, 1.54) is 0 Å². The summed E-state index contributed by atoms with van der Waals surface area (Å²) < 4.78 is 42.0. The van der Waals surface area contributed by atoms with Gasteiger partial charge in [0.15, 0.2) is 5.75 Å². The van der Waals surface area contributed by atoms with Gasteiger partial charge < -0.3 is 4.74 Å². The first-order valence-electron chi connectivity index (χ1n) is 4.71. The molecule has 8 heteroatoms. The zero-order valence-corrected chi connectivity index (χ0v) is 8.90. The number of alkyl halides is 3. The molecular formula is C10H7F3N2O3. The lowest BCUT2D eigenvalue weighted by atomic mass is 10.2. The van der Waals surface area contributed by atoms with Crippen LogP contribution in [0.5, 0.6) is 5.75 Å². The SMILES string of the molecule is N#CCCOc1ccc(C(F)(F)F)cc1[N+](=O)[O-]. The van der Waals surface area contributed by atoms with Crippen LogP contribution in [0.2, 0.25) is 0 Å². The summed E-state index contributed by atoms with van der Waals surface area (Å²) in [5.74, 6) is -0.289. The summed E-state index contributed by atoms with van der Waals surface area (Å²) in [6.45, 7) is -0.122. The Morgan fingerprint density at radius 1 is 1.44 bits per heavy atom. The van der Waals surface area contributed by atoms with E-state index in [1.54, 1.807) is 6.07 Å². The van der Waals surface area contributed by atoms with Gasteiger partial charge in [0.05, 0.1) is 23.0 Å². The minimum Gasteiger partial charge on any atom is -0.486 e. The van der Waals surface area contributed by atoms with Crippen molar-refractivity contribution in [3.05, 3.63) is 33.9 Å². The summed E-state index contributed by atoms with van der Waals surface area (Å²) in [5, 5.41) is 18.9. The van der Waals surface area contributed by atoms with Gasteiger partial charge in [-0.25, -0.2) is 0 Å². The minimum absolute atomic E-state index is 0.0157. The van der Waals surface area contributed by atoms with Crippen LogP contribution >= 0.6 is 0 Å². The molecular weight excluding hydrogens is 253 g/mol. The Balaban J connectivity index is 3.06.